The topological polar surface area (TPSA) is 24.9 Å². The number of nitrogens with zero attached hydrogens (tertiary/aromatic N) is 1. The van der Waals surface area contributed by atoms with Crippen LogP contribution in [0, 0.1) is 18.6 Å². The lowest BCUT2D eigenvalue weighted by molar-refractivity contribution is 0.607. The molecule has 0 aliphatic heterocycles. The molecule has 2 rings (SSSR count). The van der Waals surface area contributed by atoms with E-state index in [2.05, 4.69) is 10.3 Å². The maximum atomic E-state index is 14.1. The standard InChI is InChI=1S/C14H16F2N2/c1-4-5-9-7-11(17-3)12-13(16)8(2)6-10(15)14(12)18-9/h6-7H,4-5H2,1-3H3,(H,17,18). The van der Waals surface area contributed by atoms with Crippen molar-refractivity contribution in [2.24, 2.45) is 0 Å². The summed E-state index contributed by atoms with van der Waals surface area (Å²) in [4.78, 5) is 4.22. The highest BCUT2D eigenvalue weighted by atomic mass is 19.1. The molecule has 0 spiro atoms. The summed E-state index contributed by atoms with van der Waals surface area (Å²) in [5.74, 6) is -0.885. The molecule has 0 fully saturated rings. The lowest BCUT2D eigenvalue weighted by Crippen LogP contribution is -2.01. The molecule has 4 heteroatoms. The van der Waals surface area contributed by atoms with Crippen LogP contribution in [0.1, 0.15) is 24.6 Å². The molecule has 0 aliphatic carbocycles. The molecule has 1 aromatic carbocycles. The Hall–Kier alpha value is -1.71. The second-order valence-corrected chi connectivity index (χ2v) is 4.37. The van der Waals surface area contributed by atoms with E-state index in [1.807, 2.05) is 6.92 Å². The Kier molecular flexibility index (Phi) is 3.45. The van der Waals surface area contributed by atoms with Gasteiger partial charge in [-0.05, 0) is 31.0 Å². The normalized spacial score (nSPS) is 10.9. The Bertz CT molecular complexity index is 594. The van der Waals surface area contributed by atoms with Gasteiger partial charge in [-0.2, -0.15) is 0 Å². The zero-order valence-corrected chi connectivity index (χ0v) is 10.8. The second kappa shape index (κ2) is 4.88. The SMILES string of the molecule is CCCc1cc(NC)c2c(F)c(C)cc(F)c2n1. The van der Waals surface area contributed by atoms with E-state index >= 15 is 0 Å². The number of anilines is 1. The maximum Gasteiger partial charge on any atom is 0.149 e. The molecule has 0 radical (unpaired) electrons. The third-order valence-corrected chi connectivity index (χ3v) is 2.98. The fourth-order valence-corrected chi connectivity index (χ4v) is 2.09. The van der Waals surface area contributed by atoms with Gasteiger partial charge in [0.1, 0.15) is 17.2 Å². The number of pyridine rings is 1. The Balaban J connectivity index is 2.82. The summed E-state index contributed by atoms with van der Waals surface area (Å²) in [5, 5.41) is 3.15. The average Bonchev–Trinajstić information content (AvgIpc) is 2.35. The zero-order chi connectivity index (χ0) is 13.3. The van der Waals surface area contributed by atoms with Crippen molar-refractivity contribution in [1.29, 1.82) is 0 Å². The second-order valence-electron chi connectivity index (χ2n) is 4.37. The highest BCUT2D eigenvalue weighted by molar-refractivity contribution is 5.93. The summed E-state index contributed by atoms with van der Waals surface area (Å²) in [5.41, 5.74) is 1.76. The summed E-state index contributed by atoms with van der Waals surface area (Å²) < 4.78 is 28.0. The predicted octanol–water partition coefficient (Wildman–Crippen LogP) is 3.82. The Morgan fingerprint density at radius 3 is 2.61 bits per heavy atom. The van der Waals surface area contributed by atoms with Gasteiger partial charge in [-0.3, -0.25) is 0 Å². The van der Waals surface area contributed by atoms with E-state index < -0.39 is 11.6 Å². The largest absolute Gasteiger partial charge is 0.387 e. The summed E-state index contributed by atoms with van der Waals surface area (Å²) in [6.07, 6.45) is 1.66. The number of fused-ring (bicyclic) bond motifs is 1. The molecule has 0 bridgehead atoms. The lowest BCUT2D eigenvalue weighted by Gasteiger charge is -2.11. The van der Waals surface area contributed by atoms with Crippen LogP contribution < -0.4 is 5.32 Å². The lowest BCUT2D eigenvalue weighted by atomic mass is 10.1. The van der Waals surface area contributed by atoms with Crippen molar-refractivity contribution in [3.63, 3.8) is 0 Å². The molecule has 1 aromatic heterocycles. The highest BCUT2D eigenvalue weighted by Crippen LogP contribution is 2.30. The van der Waals surface area contributed by atoms with Crippen LogP contribution >= 0.6 is 0 Å². The number of hydrogen-bond acceptors (Lipinski definition) is 2. The van der Waals surface area contributed by atoms with Gasteiger partial charge in [-0.1, -0.05) is 13.3 Å². The van der Waals surface area contributed by atoms with Crippen molar-refractivity contribution >= 4 is 16.6 Å². The van der Waals surface area contributed by atoms with Crippen molar-refractivity contribution in [2.45, 2.75) is 26.7 Å². The smallest absolute Gasteiger partial charge is 0.149 e. The summed E-state index contributed by atoms with van der Waals surface area (Å²) in [7, 11) is 1.70. The molecule has 2 nitrogen and oxygen atoms in total. The first-order valence-electron chi connectivity index (χ1n) is 6.04. The molecular weight excluding hydrogens is 234 g/mol. The van der Waals surface area contributed by atoms with E-state index in [1.54, 1.807) is 20.0 Å². The van der Waals surface area contributed by atoms with Crippen LogP contribution in [0.2, 0.25) is 0 Å². The van der Waals surface area contributed by atoms with E-state index in [1.165, 1.54) is 6.07 Å². The molecule has 18 heavy (non-hydrogen) atoms. The monoisotopic (exact) mass is 250 g/mol. The van der Waals surface area contributed by atoms with E-state index in [-0.39, 0.29) is 10.9 Å². The Morgan fingerprint density at radius 1 is 1.28 bits per heavy atom. The van der Waals surface area contributed by atoms with Crippen LogP contribution in [0.25, 0.3) is 10.9 Å². The van der Waals surface area contributed by atoms with Crippen LogP contribution in [0.4, 0.5) is 14.5 Å². The molecule has 1 heterocycles. The minimum Gasteiger partial charge on any atom is -0.387 e. The molecule has 96 valence electrons. The molecule has 0 aliphatic rings. The number of benzene rings is 1. The van der Waals surface area contributed by atoms with Gasteiger partial charge in [-0.15, -0.1) is 0 Å². The molecule has 2 aromatic rings. The van der Waals surface area contributed by atoms with Crippen molar-refractivity contribution in [3.8, 4) is 0 Å². The van der Waals surface area contributed by atoms with Gasteiger partial charge in [0.2, 0.25) is 0 Å². The highest BCUT2D eigenvalue weighted by Gasteiger charge is 2.15. The van der Waals surface area contributed by atoms with Gasteiger partial charge >= 0.3 is 0 Å². The first kappa shape index (κ1) is 12.7. The summed E-state index contributed by atoms with van der Waals surface area (Å²) >= 11 is 0. The van der Waals surface area contributed by atoms with Crippen molar-refractivity contribution in [2.75, 3.05) is 12.4 Å². The molecule has 0 saturated heterocycles. The van der Waals surface area contributed by atoms with Crippen LogP contribution in [0.15, 0.2) is 12.1 Å². The number of halogens is 2. The number of hydrogen-bond donors (Lipinski definition) is 1. The minimum atomic E-state index is -0.474. The van der Waals surface area contributed by atoms with Gasteiger partial charge in [0.15, 0.2) is 0 Å². The summed E-state index contributed by atoms with van der Waals surface area (Å²) in [6.45, 7) is 3.58. The molecule has 0 atom stereocenters. The molecule has 0 saturated carbocycles. The quantitative estimate of drug-likeness (QED) is 0.895. The molecule has 0 amide bonds. The van der Waals surface area contributed by atoms with Crippen LogP contribution in [0.5, 0.6) is 0 Å². The third kappa shape index (κ3) is 2.03. The first-order valence-corrected chi connectivity index (χ1v) is 6.04. The van der Waals surface area contributed by atoms with Gasteiger partial charge in [0.25, 0.3) is 0 Å². The van der Waals surface area contributed by atoms with E-state index in [0.717, 1.165) is 18.5 Å². The van der Waals surface area contributed by atoms with Gasteiger partial charge in [0.05, 0.1) is 5.39 Å². The van der Waals surface area contributed by atoms with E-state index in [4.69, 9.17) is 0 Å². The number of nitrogens with one attached hydrogen (secondary N) is 1. The Labute approximate surface area is 105 Å². The van der Waals surface area contributed by atoms with Crippen LogP contribution in [-0.2, 0) is 6.42 Å². The van der Waals surface area contributed by atoms with Gasteiger partial charge in [-0.25, -0.2) is 13.8 Å². The van der Waals surface area contributed by atoms with Gasteiger partial charge in [0, 0.05) is 18.4 Å². The predicted molar refractivity (Wildman–Crippen MR) is 69.9 cm³/mol. The molecule has 1 N–H and O–H groups in total. The zero-order valence-electron chi connectivity index (χ0n) is 10.8. The van der Waals surface area contributed by atoms with Crippen molar-refractivity contribution in [3.05, 3.63) is 35.0 Å². The van der Waals surface area contributed by atoms with E-state index in [0.29, 0.717) is 11.3 Å². The van der Waals surface area contributed by atoms with Crippen LogP contribution in [-0.4, -0.2) is 12.0 Å². The summed E-state index contributed by atoms with van der Waals surface area (Å²) in [6, 6.07) is 2.98. The number of aromatic nitrogens is 1. The number of rotatable bonds is 3. The first-order chi connectivity index (χ1) is 8.58. The fraction of sp³-hybridized carbons (Fsp3) is 0.357. The average molecular weight is 250 g/mol. The molecule has 0 unspecified atom stereocenters. The van der Waals surface area contributed by atoms with E-state index in [9.17, 15) is 8.78 Å². The van der Waals surface area contributed by atoms with Gasteiger partial charge < -0.3 is 5.32 Å². The number of aryl methyl sites for hydroxylation is 2. The fourth-order valence-electron chi connectivity index (χ4n) is 2.09. The minimum absolute atomic E-state index is 0.105. The molecular formula is C14H16F2N2. The van der Waals surface area contributed by atoms with Crippen molar-refractivity contribution < 1.29 is 8.78 Å². The van der Waals surface area contributed by atoms with Crippen molar-refractivity contribution in [1.82, 2.24) is 4.98 Å². The maximum absolute atomic E-state index is 14.1. The third-order valence-electron chi connectivity index (χ3n) is 2.98. The Morgan fingerprint density at radius 2 is 2.00 bits per heavy atom. The van der Waals surface area contributed by atoms with Crippen LogP contribution in [0.3, 0.4) is 0 Å².